The summed E-state index contributed by atoms with van der Waals surface area (Å²) < 4.78 is 0. The van der Waals surface area contributed by atoms with Gasteiger partial charge in [-0.15, -0.1) is 0 Å². The number of hydrogen-bond donors (Lipinski definition) is 0. The van der Waals surface area contributed by atoms with Crippen molar-refractivity contribution in [2.75, 3.05) is 0 Å². The van der Waals surface area contributed by atoms with Gasteiger partial charge in [0.25, 0.3) is 0 Å². The molecule has 12 heavy (non-hydrogen) atoms. The Balaban J connectivity index is 3.31. The lowest BCUT2D eigenvalue weighted by atomic mass is 9.98. The van der Waals surface area contributed by atoms with Gasteiger partial charge in [-0.3, -0.25) is 4.79 Å². The summed E-state index contributed by atoms with van der Waals surface area (Å²) in [5.41, 5.74) is 0. The van der Waals surface area contributed by atoms with Crippen molar-refractivity contribution in [1.82, 2.24) is 0 Å². The molecule has 0 fully saturated rings. The van der Waals surface area contributed by atoms with Crippen LogP contribution in [-0.2, 0) is 4.79 Å². The van der Waals surface area contributed by atoms with Crippen LogP contribution in [0.1, 0.15) is 46.5 Å². The third-order valence-electron chi connectivity index (χ3n) is 1.99. The van der Waals surface area contributed by atoms with Crippen molar-refractivity contribution in [3.05, 3.63) is 0 Å². The van der Waals surface area contributed by atoms with Crippen molar-refractivity contribution < 1.29 is 4.79 Å². The molecule has 0 saturated carbocycles. The smallest absolute Gasteiger partial charge is 0.221 e. The highest BCUT2D eigenvalue weighted by Crippen LogP contribution is 2.15. The molecule has 0 aromatic carbocycles. The van der Waals surface area contributed by atoms with Crippen LogP contribution in [0.2, 0.25) is 0 Å². The average molecular weight is 191 g/mol. The summed E-state index contributed by atoms with van der Waals surface area (Å²) in [4.78, 5) is 10.5. The molecular weight excluding hydrogens is 172 g/mol. The van der Waals surface area contributed by atoms with E-state index < -0.39 is 0 Å². The summed E-state index contributed by atoms with van der Waals surface area (Å²) in [6.07, 6.45) is 4.11. The molecule has 2 heteroatoms. The Morgan fingerprint density at radius 2 is 1.83 bits per heavy atom. The van der Waals surface area contributed by atoms with Crippen LogP contribution < -0.4 is 0 Å². The van der Waals surface area contributed by atoms with E-state index in [9.17, 15) is 4.79 Å². The number of carbonyl (C=O) groups excluding carboxylic acids is 1. The van der Waals surface area contributed by atoms with Crippen LogP contribution in [0.25, 0.3) is 0 Å². The van der Waals surface area contributed by atoms with Crippen LogP contribution in [0.4, 0.5) is 0 Å². The lowest BCUT2D eigenvalue weighted by Crippen LogP contribution is -2.00. The first-order valence-electron chi connectivity index (χ1n) is 4.70. The summed E-state index contributed by atoms with van der Waals surface area (Å²) >= 11 is 5.28. The van der Waals surface area contributed by atoms with Crippen LogP contribution in [0.5, 0.6) is 0 Å². The molecule has 1 atom stereocenters. The quantitative estimate of drug-likeness (QED) is 0.585. The van der Waals surface area contributed by atoms with Gasteiger partial charge in [-0.2, -0.15) is 0 Å². The maximum absolute atomic E-state index is 10.5. The lowest BCUT2D eigenvalue weighted by Gasteiger charge is -2.09. The molecule has 0 heterocycles. The Kier molecular flexibility index (Phi) is 6.45. The lowest BCUT2D eigenvalue weighted by molar-refractivity contribution is -0.112. The van der Waals surface area contributed by atoms with Crippen LogP contribution in [-0.4, -0.2) is 5.24 Å². The molecular formula is C10H19ClO. The zero-order valence-corrected chi connectivity index (χ0v) is 9.03. The van der Waals surface area contributed by atoms with Gasteiger partial charge < -0.3 is 0 Å². The largest absolute Gasteiger partial charge is 0.281 e. The summed E-state index contributed by atoms with van der Waals surface area (Å²) in [6, 6.07) is 0. The minimum Gasteiger partial charge on any atom is -0.281 e. The molecule has 0 bridgehead atoms. The summed E-state index contributed by atoms with van der Waals surface area (Å²) in [5.74, 6) is 1.22. The first-order valence-corrected chi connectivity index (χ1v) is 5.08. The van der Waals surface area contributed by atoms with Gasteiger partial charge in [-0.1, -0.05) is 40.0 Å². The fraction of sp³-hybridized carbons (Fsp3) is 0.900. The topological polar surface area (TPSA) is 17.1 Å². The Morgan fingerprint density at radius 1 is 1.25 bits per heavy atom. The fourth-order valence-corrected chi connectivity index (χ4v) is 1.51. The van der Waals surface area contributed by atoms with Gasteiger partial charge in [0.05, 0.1) is 0 Å². The molecule has 0 aromatic heterocycles. The molecule has 0 saturated heterocycles. The minimum absolute atomic E-state index is 0.202. The van der Waals surface area contributed by atoms with Crippen molar-refractivity contribution in [1.29, 1.82) is 0 Å². The fourth-order valence-electron chi connectivity index (χ4n) is 1.25. The maximum atomic E-state index is 10.5. The van der Waals surface area contributed by atoms with E-state index >= 15 is 0 Å². The van der Waals surface area contributed by atoms with E-state index in [4.69, 9.17) is 11.6 Å². The molecule has 0 radical (unpaired) electrons. The molecule has 0 aromatic rings. The molecule has 0 aliphatic heterocycles. The Hall–Kier alpha value is -0.0400. The second-order valence-corrected chi connectivity index (χ2v) is 4.41. The minimum atomic E-state index is -0.202. The highest BCUT2D eigenvalue weighted by molar-refractivity contribution is 6.63. The highest BCUT2D eigenvalue weighted by atomic mass is 35.5. The Bertz CT molecular complexity index is 132. The molecule has 0 amide bonds. The third kappa shape index (κ3) is 8.06. The second kappa shape index (κ2) is 6.47. The van der Waals surface area contributed by atoms with Crippen molar-refractivity contribution in [2.24, 2.45) is 11.8 Å². The van der Waals surface area contributed by atoms with Crippen molar-refractivity contribution >= 4 is 16.8 Å². The summed E-state index contributed by atoms with van der Waals surface area (Å²) in [5, 5.41) is -0.202. The van der Waals surface area contributed by atoms with E-state index in [1.54, 1.807) is 0 Å². The maximum Gasteiger partial charge on any atom is 0.221 e. The van der Waals surface area contributed by atoms with Crippen LogP contribution in [0.15, 0.2) is 0 Å². The molecule has 0 aliphatic carbocycles. The van der Waals surface area contributed by atoms with Crippen molar-refractivity contribution in [2.45, 2.75) is 46.5 Å². The summed E-state index contributed by atoms with van der Waals surface area (Å²) in [6.45, 7) is 6.52. The first-order chi connectivity index (χ1) is 5.52. The van der Waals surface area contributed by atoms with Gasteiger partial charge in [-0.05, 0) is 23.4 Å². The normalized spacial score (nSPS) is 13.4. The highest BCUT2D eigenvalue weighted by Gasteiger charge is 2.06. The number of hydrogen-bond acceptors (Lipinski definition) is 1. The molecule has 0 spiro atoms. The van der Waals surface area contributed by atoms with Crippen LogP contribution in [0.3, 0.4) is 0 Å². The van der Waals surface area contributed by atoms with Gasteiger partial charge in [-0.25, -0.2) is 0 Å². The zero-order chi connectivity index (χ0) is 9.56. The SMILES string of the molecule is CC(C)CCC[C@H](C)CC(=O)Cl. The van der Waals surface area contributed by atoms with Crippen molar-refractivity contribution in [3.63, 3.8) is 0 Å². The summed E-state index contributed by atoms with van der Waals surface area (Å²) in [7, 11) is 0. The second-order valence-electron chi connectivity index (χ2n) is 3.99. The van der Waals surface area contributed by atoms with Gasteiger partial charge in [0.1, 0.15) is 0 Å². The number of rotatable bonds is 6. The van der Waals surface area contributed by atoms with Crippen molar-refractivity contribution in [3.8, 4) is 0 Å². The number of halogens is 1. The molecule has 0 aliphatic rings. The Morgan fingerprint density at radius 3 is 2.25 bits per heavy atom. The van der Waals surface area contributed by atoms with Gasteiger partial charge >= 0.3 is 0 Å². The predicted octanol–water partition coefficient (Wildman–Crippen LogP) is 3.60. The van der Waals surface area contributed by atoms with Gasteiger partial charge in [0.15, 0.2) is 0 Å². The van der Waals surface area contributed by atoms with E-state index in [1.807, 2.05) is 0 Å². The zero-order valence-electron chi connectivity index (χ0n) is 8.27. The standard InChI is InChI=1S/C10H19ClO/c1-8(2)5-4-6-9(3)7-10(11)12/h8-9H,4-7H2,1-3H3/t9-/m0/s1. The van der Waals surface area contributed by atoms with E-state index in [1.165, 1.54) is 12.8 Å². The monoisotopic (exact) mass is 190 g/mol. The third-order valence-corrected chi connectivity index (χ3v) is 2.14. The molecule has 0 N–H and O–H groups in total. The predicted molar refractivity (Wildman–Crippen MR) is 53.3 cm³/mol. The van der Waals surface area contributed by atoms with E-state index in [-0.39, 0.29) is 5.24 Å². The van der Waals surface area contributed by atoms with E-state index in [0.29, 0.717) is 12.3 Å². The first kappa shape index (κ1) is 12.0. The van der Waals surface area contributed by atoms with E-state index in [2.05, 4.69) is 20.8 Å². The Labute approximate surface area is 80.5 Å². The molecule has 72 valence electrons. The molecule has 1 nitrogen and oxygen atoms in total. The average Bonchev–Trinajstić information content (AvgIpc) is 1.84. The van der Waals surface area contributed by atoms with Crippen LogP contribution in [0, 0.1) is 11.8 Å². The van der Waals surface area contributed by atoms with Crippen LogP contribution >= 0.6 is 11.6 Å². The van der Waals surface area contributed by atoms with E-state index in [0.717, 1.165) is 12.3 Å². The van der Waals surface area contributed by atoms with Gasteiger partial charge in [0, 0.05) is 6.42 Å². The van der Waals surface area contributed by atoms with Gasteiger partial charge in [0.2, 0.25) is 5.24 Å². The number of carbonyl (C=O) groups is 1. The molecule has 0 rings (SSSR count). The molecule has 0 unspecified atom stereocenters.